The van der Waals surface area contributed by atoms with Gasteiger partial charge in [-0.15, -0.1) is 0 Å². The maximum absolute atomic E-state index is 11.7. The van der Waals surface area contributed by atoms with Crippen LogP contribution >= 0.6 is 11.8 Å². The van der Waals surface area contributed by atoms with E-state index in [-0.39, 0.29) is 13.0 Å². The Kier molecular flexibility index (Phi) is 8.63. The molecule has 2 unspecified atom stereocenters. The number of hydrogen-bond acceptors (Lipinski definition) is 5. The van der Waals surface area contributed by atoms with Crippen LogP contribution < -0.4 is 5.32 Å². The third-order valence-corrected chi connectivity index (χ3v) is 4.88. The number of alkyl carbamates (subject to hydrolysis) is 1. The second-order valence-electron chi connectivity index (χ2n) is 5.79. The number of rotatable bonds is 10. The highest BCUT2D eigenvalue weighted by molar-refractivity contribution is 7.99. The average molecular weight is 355 g/mol. The van der Waals surface area contributed by atoms with Crippen molar-refractivity contribution in [3.8, 4) is 0 Å². The van der Waals surface area contributed by atoms with Gasteiger partial charge in [0.15, 0.2) is 0 Å². The van der Waals surface area contributed by atoms with Crippen LogP contribution in [0.15, 0.2) is 30.3 Å². The first-order valence-electron chi connectivity index (χ1n) is 7.84. The smallest absolute Gasteiger partial charge is 0.408 e. The lowest BCUT2D eigenvalue weighted by atomic mass is 10.1. The largest absolute Gasteiger partial charge is 0.480 e. The lowest BCUT2D eigenvalue weighted by Crippen LogP contribution is -2.41. The highest BCUT2D eigenvalue weighted by Crippen LogP contribution is 2.17. The summed E-state index contributed by atoms with van der Waals surface area (Å²) in [7, 11) is 0. The van der Waals surface area contributed by atoms with E-state index in [1.54, 1.807) is 6.92 Å². The average Bonchev–Trinajstić information content (AvgIpc) is 2.56. The predicted molar refractivity (Wildman–Crippen MR) is 94.0 cm³/mol. The van der Waals surface area contributed by atoms with Gasteiger partial charge in [0, 0.05) is 5.75 Å². The lowest BCUT2D eigenvalue weighted by Gasteiger charge is -2.21. The molecule has 0 aliphatic carbocycles. The quantitative estimate of drug-likeness (QED) is 0.559. The third-order valence-electron chi connectivity index (χ3n) is 3.53. The SMILES string of the molecule is CCC(C)(O)CSCCC(NC(=O)OCc1ccccc1)C(=O)O. The van der Waals surface area contributed by atoms with Gasteiger partial charge in [0.1, 0.15) is 12.6 Å². The number of carbonyl (C=O) groups excluding carboxylic acids is 1. The molecule has 0 heterocycles. The van der Waals surface area contributed by atoms with Gasteiger partial charge in [-0.2, -0.15) is 11.8 Å². The molecular weight excluding hydrogens is 330 g/mol. The van der Waals surface area contributed by atoms with Gasteiger partial charge in [0.05, 0.1) is 5.60 Å². The van der Waals surface area contributed by atoms with Crippen molar-refractivity contribution in [3.63, 3.8) is 0 Å². The number of ether oxygens (including phenoxy) is 1. The number of carboxylic acid groups (broad SMARTS) is 1. The second-order valence-corrected chi connectivity index (χ2v) is 6.89. The van der Waals surface area contributed by atoms with Gasteiger partial charge in [0.2, 0.25) is 0 Å². The number of nitrogens with one attached hydrogen (secondary N) is 1. The van der Waals surface area contributed by atoms with Gasteiger partial charge in [-0.25, -0.2) is 9.59 Å². The topological polar surface area (TPSA) is 95.9 Å². The van der Waals surface area contributed by atoms with Crippen molar-refractivity contribution in [2.75, 3.05) is 11.5 Å². The van der Waals surface area contributed by atoms with E-state index in [9.17, 15) is 19.8 Å². The van der Waals surface area contributed by atoms with E-state index in [4.69, 9.17) is 4.74 Å². The molecule has 3 N–H and O–H groups in total. The van der Waals surface area contributed by atoms with Crippen LogP contribution in [0.4, 0.5) is 4.79 Å². The van der Waals surface area contributed by atoms with Crippen LogP contribution in [0.3, 0.4) is 0 Å². The molecule has 0 aliphatic heterocycles. The van der Waals surface area contributed by atoms with E-state index in [1.807, 2.05) is 37.3 Å². The van der Waals surface area contributed by atoms with Crippen LogP contribution in [-0.4, -0.2) is 45.4 Å². The predicted octanol–water partition coefficient (Wildman–Crippen LogP) is 2.65. The van der Waals surface area contributed by atoms with E-state index < -0.39 is 23.7 Å². The molecule has 0 saturated heterocycles. The van der Waals surface area contributed by atoms with E-state index in [1.165, 1.54) is 11.8 Å². The van der Waals surface area contributed by atoms with E-state index in [0.717, 1.165) is 5.56 Å². The third kappa shape index (κ3) is 8.21. The van der Waals surface area contributed by atoms with Crippen LogP contribution in [0.1, 0.15) is 32.3 Å². The fourth-order valence-corrected chi connectivity index (χ4v) is 2.95. The van der Waals surface area contributed by atoms with Gasteiger partial charge in [0.25, 0.3) is 0 Å². The summed E-state index contributed by atoms with van der Waals surface area (Å²) in [5, 5.41) is 21.4. The minimum Gasteiger partial charge on any atom is -0.480 e. The summed E-state index contributed by atoms with van der Waals surface area (Å²) in [6, 6.07) is 8.15. The zero-order valence-corrected chi connectivity index (χ0v) is 14.8. The number of carbonyl (C=O) groups is 2. The minimum atomic E-state index is -1.10. The number of aliphatic hydroxyl groups is 1. The van der Waals surface area contributed by atoms with Crippen LogP contribution in [0, 0.1) is 0 Å². The normalized spacial score (nSPS) is 14.5. The Hall–Kier alpha value is -1.73. The molecule has 7 heteroatoms. The zero-order valence-electron chi connectivity index (χ0n) is 14.0. The summed E-state index contributed by atoms with van der Waals surface area (Å²) in [6.45, 7) is 3.73. The van der Waals surface area contributed by atoms with Crippen molar-refractivity contribution in [2.24, 2.45) is 0 Å². The molecule has 2 atom stereocenters. The Balaban J connectivity index is 2.34. The monoisotopic (exact) mass is 355 g/mol. The number of aliphatic carboxylic acids is 1. The maximum Gasteiger partial charge on any atom is 0.408 e. The molecule has 0 saturated carbocycles. The molecule has 1 aromatic rings. The van der Waals surface area contributed by atoms with Crippen molar-refractivity contribution in [1.82, 2.24) is 5.32 Å². The number of hydrogen-bond donors (Lipinski definition) is 3. The molecule has 0 aromatic heterocycles. The molecule has 1 rings (SSSR count). The highest BCUT2D eigenvalue weighted by atomic mass is 32.2. The van der Waals surface area contributed by atoms with Gasteiger partial charge in [-0.3, -0.25) is 0 Å². The summed E-state index contributed by atoms with van der Waals surface area (Å²) in [5.74, 6) is -0.0603. The van der Waals surface area contributed by atoms with E-state index in [2.05, 4.69) is 5.32 Å². The summed E-state index contributed by atoms with van der Waals surface area (Å²) >= 11 is 1.46. The first-order valence-corrected chi connectivity index (χ1v) is 8.99. The molecule has 0 radical (unpaired) electrons. The van der Waals surface area contributed by atoms with Crippen molar-refractivity contribution in [1.29, 1.82) is 0 Å². The van der Waals surface area contributed by atoms with E-state index >= 15 is 0 Å². The number of amides is 1. The van der Waals surface area contributed by atoms with E-state index in [0.29, 0.717) is 17.9 Å². The summed E-state index contributed by atoms with van der Waals surface area (Å²) in [5.41, 5.74) is 0.0719. The molecule has 6 nitrogen and oxygen atoms in total. The molecule has 0 spiro atoms. The molecule has 1 aromatic carbocycles. The summed E-state index contributed by atoms with van der Waals surface area (Å²) in [6.07, 6.45) is 0.143. The number of thioether (sulfide) groups is 1. The van der Waals surface area contributed by atoms with Gasteiger partial charge >= 0.3 is 12.1 Å². The first kappa shape index (κ1) is 20.3. The van der Waals surface area contributed by atoms with Crippen molar-refractivity contribution < 1.29 is 24.5 Å². The Morgan fingerprint density at radius 1 is 1.33 bits per heavy atom. The van der Waals surface area contributed by atoms with Gasteiger partial charge < -0.3 is 20.3 Å². The zero-order chi connectivity index (χ0) is 18.0. The Morgan fingerprint density at radius 3 is 2.58 bits per heavy atom. The first-order chi connectivity index (χ1) is 11.3. The fourth-order valence-electron chi connectivity index (χ4n) is 1.76. The van der Waals surface area contributed by atoms with Crippen LogP contribution in [0.5, 0.6) is 0 Å². The fraction of sp³-hybridized carbons (Fsp3) is 0.529. The molecule has 0 fully saturated rings. The Morgan fingerprint density at radius 2 is 2.00 bits per heavy atom. The summed E-state index contributed by atoms with van der Waals surface area (Å²) in [4.78, 5) is 23.0. The highest BCUT2D eigenvalue weighted by Gasteiger charge is 2.22. The lowest BCUT2D eigenvalue weighted by molar-refractivity contribution is -0.139. The van der Waals surface area contributed by atoms with Gasteiger partial charge in [-0.05, 0) is 31.1 Å². The standard InChI is InChI=1S/C17H25NO5S/c1-3-17(2,22)12-24-10-9-14(15(19)20)18-16(21)23-11-13-7-5-4-6-8-13/h4-8,14,22H,3,9-12H2,1-2H3,(H,18,21)(H,19,20). The second kappa shape index (κ2) is 10.2. The van der Waals surface area contributed by atoms with Crippen molar-refractivity contribution >= 4 is 23.8 Å². The Bertz CT molecular complexity index is 521. The molecule has 24 heavy (non-hydrogen) atoms. The molecule has 0 aliphatic rings. The Labute approximate surface area is 146 Å². The molecule has 1 amide bonds. The van der Waals surface area contributed by atoms with Crippen molar-refractivity contribution in [3.05, 3.63) is 35.9 Å². The maximum atomic E-state index is 11.7. The van der Waals surface area contributed by atoms with Crippen LogP contribution in [-0.2, 0) is 16.1 Å². The summed E-state index contributed by atoms with van der Waals surface area (Å²) < 4.78 is 5.03. The van der Waals surface area contributed by atoms with Crippen LogP contribution in [0.2, 0.25) is 0 Å². The van der Waals surface area contributed by atoms with Crippen molar-refractivity contribution in [2.45, 2.75) is 44.9 Å². The molecule has 0 bridgehead atoms. The number of benzene rings is 1. The minimum absolute atomic E-state index is 0.0904. The number of carboxylic acids is 1. The molecular formula is C17H25NO5S. The van der Waals surface area contributed by atoms with Crippen LogP contribution in [0.25, 0.3) is 0 Å². The molecule has 134 valence electrons. The van der Waals surface area contributed by atoms with Gasteiger partial charge in [-0.1, -0.05) is 37.3 Å².